The van der Waals surface area contributed by atoms with Gasteiger partial charge < -0.3 is 5.73 Å². The van der Waals surface area contributed by atoms with Gasteiger partial charge in [0, 0.05) is 4.88 Å². The first kappa shape index (κ1) is 8.64. The number of isocyanates is 1. The number of nitrogens with zero attached hydrogens (tertiary/aromatic N) is 1. The summed E-state index contributed by atoms with van der Waals surface area (Å²) >= 11 is 1.24. The molecule has 0 spiro atoms. The molecule has 0 aromatic carbocycles. The number of rotatable bonds is 2. The van der Waals surface area contributed by atoms with E-state index < -0.39 is 5.91 Å². The summed E-state index contributed by atoms with van der Waals surface area (Å²) in [6.45, 7) is 1.81. The van der Waals surface area contributed by atoms with Crippen LogP contribution in [0.2, 0.25) is 0 Å². The van der Waals surface area contributed by atoms with Crippen molar-refractivity contribution in [1.82, 2.24) is 0 Å². The molecule has 0 saturated carbocycles. The molecule has 1 aromatic rings. The number of aliphatic imine (C=N–C) groups is 1. The van der Waals surface area contributed by atoms with E-state index in [1.807, 2.05) is 0 Å². The van der Waals surface area contributed by atoms with Crippen molar-refractivity contribution in [3.63, 3.8) is 0 Å². The van der Waals surface area contributed by atoms with Gasteiger partial charge in [0.25, 0.3) is 5.91 Å². The van der Waals surface area contributed by atoms with Crippen LogP contribution in [-0.2, 0) is 4.79 Å². The average Bonchev–Trinajstić information content (AvgIpc) is 2.32. The molecule has 5 heteroatoms. The fourth-order valence-electron chi connectivity index (χ4n) is 0.803. The maximum atomic E-state index is 10.7. The van der Waals surface area contributed by atoms with Crippen LogP contribution in [-0.4, -0.2) is 12.0 Å². The molecule has 0 atom stereocenters. The smallest absolute Gasteiger partial charge is 0.251 e. The second-order valence-corrected chi connectivity index (χ2v) is 3.38. The minimum atomic E-state index is -0.576. The highest BCUT2D eigenvalue weighted by molar-refractivity contribution is 7.16. The van der Waals surface area contributed by atoms with E-state index in [0.717, 1.165) is 4.88 Å². The van der Waals surface area contributed by atoms with E-state index in [1.165, 1.54) is 17.4 Å². The van der Waals surface area contributed by atoms with Crippen molar-refractivity contribution in [3.05, 3.63) is 16.5 Å². The van der Waals surface area contributed by atoms with Crippen molar-refractivity contribution in [2.45, 2.75) is 6.92 Å². The number of primary amides is 1. The minimum absolute atomic E-state index is 0.279. The van der Waals surface area contributed by atoms with E-state index in [9.17, 15) is 9.59 Å². The summed E-state index contributed by atoms with van der Waals surface area (Å²) < 4.78 is 0. The quantitative estimate of drug-likeness (QED) is 0.550. The predicted molar refractivity (Wildman–Crippen MR) is 45.4 cm³/mol. The minimum Gasteiger partial charge on any atom is -0.366 e. The first-order chi connectivity index (χ1) is 5.65. The van der Waals surface area contributed by atoms with Gasteiger partial charge in [-0.15, -0.1) is 11.3 Å². The molecule has 0 aliphatic heterocycles. The molecule has 0 unspecified atom stereocenters. The Balaban J connectivity index is 3.25. The topological polar surface area (TPSA) is 72.5 Å². The van der Waals surface area contributed by atoms with Crippen LogP contribution < -0.4 is 5.73 Å². The number of amides is 1. The Kier molecular flexibility index (Phi) is 2.38. The van der Waals surface area contributed by atoms with Crippen LogP contribution in [0.5, 0.6) is 0 Å². The number of hydrogen-bond donors (Lipinski definition) is 1. The third-order valence-electron chi connectivity index (χ3n) is 1.25. The van der Waals surface area contributed by atoms with Gasteiger partial charge in [0.2, 0.25) is 6.08 Å². The molecular weight excluding hydrogens is 176 g/mol. The number of thiophene rings is 1. The molecule has 12 heavy (non-hydrogen) atoms. The van der Waals surface area contributed by atoms with Crippen LogP contribution in [0.3, 0.4) is 0 Å². The zero-order valence-corrected chi connectivity index (χ0v) is 7.14. The molecule has 2 N–H and O–H groups in total. The zero-order valence-electron chi connectivity index (χ0n) is 6.33. The molecule has 1 amide bonds. The van der Waals surface area contributed by atoms with Gasteiger partial charge in [0.15, 0.2) is 0 Å². The van der Waals surface area contributed by atoms with E-state index >= 15 is 0 Å². The number of carbonyl (C=O) groups is 1. The number of nitrogens with two attached hydrogens (primary N) is 1. The van der Waals surface area contributed by atoms with Crippen LogP contribution >= 0.6 is 11.3 Å². The molecule has 1 aromatic heterocycles. The Morgan fingerprint density at radius 1 is 1.75 bits per heavy atom. The van der Waals surface area contributed by atoms with Crippen molar-refractivity contribution in [2.75, 3.05) is 0 Å². The van der Waals surface area contributed by atoms with Gasteiger partial charge in [0.05, 0.1) is 5.56 Å². The Labute approximate surface area is 72.7 Å². The second kappa shape index (κ2) is 3.30. The first-order valence-electron chi connectivity index (χ1n) is 3.13. The van der Waals surface area contributed by atoms with E-state index in [1.54, 1.807) is 13.0 Å². The monoisotopic (exact) mass is 182 g/mol. The van der Waals surface area contributed by atoms with Gasteiger partial charge in [-0.2, -0.15) is 4.99 Å². The van der Waals surface area contributed by atoms with Crippen molar-refractivity contribution in [2.24, 2.45) is 10.7 Å². The third-order valence-corrected chi connectivity index (χ3v) is 2.19. The van der Waals surface area contributed by atoms with Gasteiger partial charge in [-0.05, 0) is 13.0 Å². The van der Waals surface area contributed by atoms with Gasteiger partial charge in [-0.3, -0.25) is 4.79 Å². The molecule has 1 heterocycles. The molecule has 1 rings (SSSR count). The molecule has 62 valence electrons. The maximum absolute atomic E-state index is 10.7. The molecule has 4 nitrogen and oxygen atoms in total. The highest BCUT2D eigenvalue weighted by Crippen LogP contribution is 2.29. The second-order valence-electron chi connectivity index (χ2n) is 2.14. The summed E-state index contributed by atoms with van der Waals surface area (Å²) in [6, 6.07) is 1.60. The Bertz CT molecular complexity index is 344. The fraction of sp³-hybridized carbons (Fsp3) is 0.143. The molecule has 0 radical (unpaired) electrons. The van der Waals surface area contributed by atoms with Crippen molar-refractivity contribution >= 4 is 28.3 Å². The molecule has 0 aliphatic carbocycles. The van der Waals surface area contributed by atoms with Crippen molar-refractivity contribution < 1.29 is 9.59 Å². The Morgan fingerprint density at radius 3 is 2.92 bits per heavy atom. The summed E-state index contributed by atoms with van der Waals surface area (Å²) in [7, 11) is 0. The van der Waals surface area contributed by atoms with Crippen LogP contribution in [0.4, 0.5) is 5.00 Å². The Hall–Kier alpha value is -1.45. The number of carbonyl (C=O) groups excluding carboxylic acids is 2. The lowest BCUT2D eigenvalue weighted by Gasteiger charge is -1.87. The van der Waals surface area contributed by atoms with Gasteiger partial charge in [0.1, 0.15) is 5.00 Å². The van der Waals surface area contributed by atoms with E-state index in [2.05, 4.69) is 4.99 Å². The van der Waals surface area contributed by atoms with Crippen molar-refractivity contribution in [1.29, 1.82) is 0 Å². The number of hydrogen-bond acceptors (Lipinski definition) is 4. The highest BCUT2D eigenvalue weighted by Gasteiger charge is 2.10. The van der Waals surface area contributed by atoms with Crippen LogP contribution in [0.15, 0.2) is 11.1 Å². The predicted octanol–water partition coefficient (Wildman–Crippen LogP) is 1.12. The van der Waals surface area contributed by atoms with Gasteiger partial charge >= 0.3 is 0 Å². The lowest BCUT2D eigenvalue weighted by Crippen LogP contribution is -2.09. The van der Waals surface area contributed by atoms with E-state index in [-0.39, 0.29) is 5.56 Å². The van der Waals surface area contributed by atoms with Gasteiger partial charge in [-0.25, -0.2) is 4.79 Å². The van der Waals surface area contributed by atoms with Crippen LogP contribution in [0.1, 0.15) is 15.2 Å². The molecule has 0 aliphatic rings. The van der Waals surface area contributed by atoms with Crippen LogP contribution in [0, 0.1) is 6.92 Å². The van der Waals surface area contributed by atoms with Crippen LogP contribution in [0.25, 0.3) is 0 Å². The SMILES string of the molecule is Cc1cc(C(N)=O)c(N=C=O)s1. The number of aryl methyl sites for hydroxylation is 1. The molecule has 0 bridgehead atoms. The summed E-state index contributed by atoms with van der Waals surface area (Å²) in [4.78, 5) is 24.9. The molecule has 0 saturated heterocycles. The normalized spacial score (nSPS) is 9.08. The summed E-state index contributed by atoms with van der Waals surface area (Å²) in [5, 5.41) is 0.329. The van der Waals surface area contributed by atoms with Crippen molar-refractivity contribution in [3.8, 4) is 0 Å². The standard InChI is InChI=1S/C7H6N2O2S/c1-4-2-5(6(8)11)7(12-4)9-3-10/h2H,1H3,(H2,8,11). The largest absolute Gasteiger partial charge is 0.366 e. The summed E-state index contributed by atoms with van der Waals surface area (Å²) in [6.07, 6.45) is 1.37. The van der Waals surface area contributed by atoms with E-state index in [0.29, 0.717) is 5.00 Å². The average molecular weight is 182 g/mol. The molecular formula is C7H6N2O2S. The zero-order chi connectivity index (χ0) is 9.14. The molecule has 0 fully saturated rings. The highest BCUT2D eigenvalue weighted by atomic mass is 32.1. The first-order valence-corrected chi connectivity index (χ1v) is 3.95. The fourth-order valence-corrected chi connectivity index (χ4v) is 1.64. The third kappa shape index (κ3) is 1.58. The lowest BCUT2D eigenvalue weighted by molar-refractivity contribution is 0.100. The summed E-state index contributed by atoms with van der Waals surface area (Å²) in [5.41, 5.74) is 5.31. The summed E-state index contributed by atoms with van der Waals surface area (Å²) in [5.74, 6) is -0.576. The van der Waals surface area contributed by atoms with Gasteiger partial charge in [-0.1, -0.05) is 0 Å². The lowest BCUT2D eigenvalue weighted by atomic mass is 10.3. The maximum Gasteiger partial charge on any atom is 0.251 e. The Morgan fingerprint density at radius 2 is 2.42 bits per heavy atom. The van der Waals surface area contributed by atoms with E-state index in [4.69, 9.17) is 5.73 Å².